The molecular weight excluding hydrogens is 212 g/mol. The van der Waals surface area contributed by atoms with Gasteiger partial charge in [-0.15, -0.1) is 0 Å². The highest BCUT2D eigenvalue weighted by Gasteiger charge is 2.58. The van der Waals surface area contributed by atoms with Crippen molar-refractivity contribution in [2.24, 2.45) is 11.3 Å². The molecule has 0 bridgehead atoms. The van der Waals surface area contributed by atoms with E-state index in [1.165, 1.54) is 6.42 Å². The molecule has 1 saturated carbocycles. The average molecular weight is 240 g/mol. The Morgan fingerprint density at radius 2 is 2.12 bits per heavy atom. The van der Waals surface area contributed by atoms with Crippen molar-refractivity contribution in [1.29, 1.82) is 0 Å². The Labute approximate surface area is 106 Å². The predicted octanol–water partition coefficient (Wildman–Crippen LogP) is 1.73. The van der Waals surface area contributed by atoms with Gasteiger partial charge in [0.2, 0.25) is 0 Å². The molecule has 1 aliphatic carbocycles. The molecule has 3 atom stereocenters. The molecule has 3 unspecified atom stereocenters. The Morgan fingerprint density at radius 1 is 1.41 bits per heavy atom. The molecule has 3 nitrogen and oxygen atoms in total. The van der Waals surface area contributed by atoms with Gasteiger partial charge in [-0.3, -0.25) is 0 Å². The molecule has 1 heterocycles. The summed E-state index contributed by atoms with van der Waals surface area (Å²) < 4.78 is 5.81. The molecule has 0 radical (unpaired) electrons. The molecule has 0 amide bonds. The van der Waals surface area contributed by atoms with Crippen molar-refractivity contribution < 1.29 is 4.74 Å². The van der Waals surface area contributed by atoms with Gasteiger partial charge in [0.15, 0.2) is 0 Å². The van der Waals surface area contributed by atoms with E-state index in [9.17, 15) is 0 Å². The second-order valence-electron chi connectivity index (χ2n) is 6.57. The van der Waals surface area contributed by atoms with E-state index in [0.29, 0.717) is 23.6 Å². The Balaban J connectivity index is 1.76. The standard InChI is InChI=1S/C14H28N2O/c1-10(2)16(5)8-7-15-12-11-6-9-17-13(11)14(12,3)4/h10-13,15H,6-9H2,1-5H3. The minimum atomic E-state index is 0.317. The van der Waals surface area contributed by atoms with Gasteiger partial charge in [-0.05, 0) is 27.3 Å². The van der Waals surface area contributed by atoms with Gasteiger partial charge in [-0.1, -0.05) is 13.8 Å². The lowest BCUT2D eigenvalue weighted by atomic mass is 9.57. The lowest BCUT2D eigenvalue weighted by Gasteiger charge is -2.55. The molecule has 2 aliphatic rings. The zero-order valence-electron chi connectivity index (χ0n) is 12.0. The van der Waals surface area contributed by atoms with Gasteiger partial charge in [0.25, 0.3) is 0 Å². The Hall–Kier alpha value is -0.120. The maximum absolute atomic E-state index is 5.81. The number of hydrogen-bond acceptors (Lipinski definition) is 3. The Kier molecular flexibility index (Phi) is 3.81. The number of nitrogens with one attached hydrogen (secondary N) is 1. The third kappa shape index (κ3) is 2.38. The fourth-order valence-corrected chi connectivity index (χ4v) is 3.39. The van der Waals surface area contributed by atoms with Gasteiger partial charge >= 0.3 is 0 Å². The van der Waals surface area contributed by atoms with Crippen LogP contribution in [0, 0.1) is 11.3 Å². The molecule has 1 saturated heterocycles. The summed E-state index contributed by atoms with van der Waals surface area (Å²) in [5, 5.41) is 3.74. The van der Waals surface area contributed by atoms with E-state index in [1.807, 2.05) is 0 Å². The molecule has 2 fully saturated rings. The molecule has 2 rings (SSSR count). The van der Waals surface area contributed by atoms with Crippen molar-refractivity contribution in [2.75, 3.05) is 26.7 Å². The molecule has 0 aromatic carbocycles. The minimum absolute atomic E-state index is 0.317. The molecule has 3 heteroatoms. The quantitative estimate of drug-likeness (QED) is 0.792. The van der Waals surface area contributed by atoms with Crippen LogP contribution in [0.15, 0.2) is 0 Å². The lowest BCUT2D eigenvalue weighted by Crippen LogP contribution is -2.66. The third-order valence-electron chi connectivity index (χ3n) is 4.81. The summed E-state index contributed by atoms with van der Waals surface area (Å²) in [6.45, 7) is 12.3. The van der Waals surface area contributed by atoms with Crippen LogP contribution < -0.4 is 5.32 Å². The number of fused-ring (bicyclic) bond motifs is 1. The summed E-state index contributed by atoms with van der Waals surface area (Å²) in [5.74, 6) is 0.759. The van der Waals surface area contributed by atoms with Crippen molar-refractivity contribution in [1.82, 2.24) is 10.2 Å². The zero-order valence-corrected chi connectivity index (χ0v) is 12.0. The van der Waals surface area contributed by atoms with Gasteiger partial charge in [-0.2, -0.15) is 0 Å². The molecule has 1 N–H and O–H groups in total. The first kappa shape index (κ1) is 13.3. The highest BCUT2D eigenvalue weighted by molar-refractivity contribution is 5.11. The second-order valence-corrected chi connectivity index (χ2v) is 6.57. The second kappa shape index (κ2) is 4.87. The molecule has 100 valence electrons. The van der Waals surface area contributed by atoms with E-state index in [1.54, 1.807) is 0 Å². The van der Waals surface area contributed by atoms with Crippen molar-refractivity contribution >= 4 is 0 Å². The SMILES string of the molecule is CC(C)N(C)CCNC1C2CCOC2C1(C)C. The third-order valence-corrected chi connectivity index (χ3v) is 4.81. The van der Waals surface area contributed by atoms with E-state index in [0.717, 1.165) is 25.6 Å². The first-order valence-electron chi connectivity index (χ1n) is 7.00. The molecule has 17 heavy (non-hydrogen) atoms. The maximum Gasteiger partial charge on any atom is 0.0685 e. The van der Waals surface area contributed by atoms with Crippen LogP contribution in [0.3, 0.4) is 0 Å². The largest absolute Gasteiger partial charge is 0.377 e. The van der Waals surface area contributed by atoms with Crippen LogP contribution >= 0.6 is 0 Å². The van der Waals surface area contributed by atoms with Gasteiger partial charge in [0.05, 0.1) is 6.10 Å². The van der Waals surface area contributed by atoms with Crippen molar-refractivity contribution in [2.45, 2.75) is 52.3 Å². The van der Waals surface area contributed by atoms with Gasteiger partial charge in [0.1, 0.15) is 0 Å². The lowest BCUT2D eigenvalue weighted by molar-refractivity contribution is -0.112. The number of ether oxygens (including phenoxy) is 1. The summed E-state index contributed by atoms with van der Waals surface area (Å²) >= 11 is 0. The van der Waals surface area contributed by atoms with Crippen LogP contribution in [0.25, 0.3) is 0 Å². The van der Waals surface area contributed by atoms with E-state index in [2.05, 4.69) is 45.0 Å². The van der Waals surface area contributed by atoms with Crippen LogP contribution in [0.1, 0.15) is 34.1 Å². The highest BCUT2D eigenvalue weighted by atomic mass is 16.5. The fourth-order valence-electron chi connectivity index (χ4n) is 3.39. The van der Waals surface area contributed by atoms with E-state index >= 15 is 0 Å². The Bertz CT molecular complexity index is 265. The monoisotopic (exact) mass is 240 g/mol. The number of likely N-dealkylation sites (N-methyl/N-ethyl adjacent to an activating group) is 1. The van der Waals surface area contributed by atoms with Crippen LogP contribution in [0.2, 0.25) is 0 Å². The molecule has 0 aromatic heterocycles. The maximum atomic E-state index is 5.81. The van der Waals surface area contributed by atoms with E-state index in [4.69, 9.17) is 4.74 Å². The Morgan fingerprint density at radius 3 is 2.76 bits per heavy atom. The average Bonchev–Trinajstić information content (AvgIpc) is 2.70. The van der Waals surface area contributed by atoms with Crippen LogP contribution in [-0.2, 0) is 4.74 Å². The fraction of sp³-hybridized carbons (Fsp3) is 1.00. The van der Waals surface area contributed by atoms with Gasteiger partial charge in [-0.25, -0.2) is 0 Å². The topological polar surface area (TPSA) is 24.5 Å². The summed E-state index contributed by atoms with van der Waals surface area (Å²) in [4.78, 5) is 2.39. The van der Waals surface area contributed by atoms with Crippen molar-refractivity contribution in [3.8, 4) is 0 Å². The summed E-state index contributed by atoms with van der Waals surface area (Å²) in [6.07, 6.45) is 1.74. The normalized spacial score (nSPS) is 35.1. The van der Waals surface area contributed by atoms with Crippen molar-refractivity contribution in [3.63, 3.8) is 0 Å². The molecule has 0 aromatic rings. The molecule has 1 aliphatic heterocycles. The zero-order chi connectivity index (χ0) is 12.6. The number of rotatable bonds is 5. The number of hydrogen-bond donors (Lipinski definition) is 1. The van der Waals surface area contributed by atoms with Gasteiger partial charge in [0, 0.05) is 43.1 Å². The smallest absolute Gasteiger partial charge is 0.0685 e. The summed E-state index contributed by atoms with van der Waals surface area (Å²) in [5.41, 5.74) is 0.317. The first-order chi connectivity index (χ1) is 7.94. The summed E-state index contributed by atoms with van der Waals surface area (Å²) in [6, 6.07) is 1.28. The van der Waals surface area contributed by atoms with Crippen LogP contribution in [-0.4, -0.2) is 49.8 Å². The molecule has 0 spiro atoms. The minimum Gasteiger partial charge on any atom is -0.377 e. The molecular formula is C14H28N2O. The van der Waals surface area contributed by atoms with Gasteiger partial charge < -0.3 is 15.0 Å². The first-order valence-corrected chi connectivity index (χ1v) is 7.00. The summed E-state index contributed by atoms with van der Waals surface area (Å²) in [7, 11) is 2.19. The van der Waals surface area contributed by atoms with E-state index < -0.39 is 0 Å². The predicted molar refractivity (Wildman–Crippen MR) is 71.2 cm³/mol. The van der Waals surface area contributed by atoms with Crippen LogP contribution in [0.4, 0.5) is 0 Å². The van der Waals surface area contributed by atoms with Crippen LogP contribution in [0.5, 0.6) is 0 Å². The highest BCUT2D eigenvalue weighted by Crippen LogP contribution is 2.51. The van der Waals surface area contributed by atoms with Crippen molar-refractivity contribution in [3.05, 3.63) is 0 Å². The number of nitrogens with zero attached hydrogens (tertiary/aromatic N) is 1. The van der Waals surface area contributed by atoms with E-state index in [-0.39, 0.29) is 0 Å².